The summed E-state index contributed by atoms with van der Waals surface area (Å²) in [7, 11) is 1.46. The molecule has 1 N–H and O–H groups in total. The molecule has 0 saturated heterocycles. The van der Waals surface area contributed by atoms with Gasteiger partial charge in [-0.1, -0.05) is 17.3 Å². The monoisotopic (exact) mass is 384 g/mol. The lowest BCUT2D eigenvalue weighted by molar-refractivity contribution is 0.129. The fraction of sp³-hybridized carbons (Fsp3) is 0.333. The highest BCUT2D eigenvalue weighted by Gasteiger charge is 2.19. The summed E-state index contributed by atoms with van der Waals surface area (Å²) in [4.78, 5) is 18.3. The average molecular weight is 384 g/mol. The molecule has 7 nitrogen and oxygen atoms in total. The van der Waals surface area contributed by atoms with Gasteiger partial charge in [0.05, 0.1) is 18.0 Å². The molecular formula is C21H24N2O5. The summed E-state index contributed by atoms with van der Waals surface area (Å²) in [5.41, 5.74) is 5.09. The van der Waals surface area contributed by atoms with Crippen LogP contribution in [0.15, 0.2) is 41.6 Å². The van der Waals surface area contributed by atoms with E-state index in [1.54, 1.807) is 12.1 Å². The summed E-state index contributed by atoms with van der Waals surface area (Å²) < 4.78 is 10.5. The number of anilines is 1. The van der Waals surface area contributed by atoms with E-state index in [1.165, 1.54) is 12.7 Å². The van der Waals surface area contributed by atoms with Gasteiger partial charge in [0.2, 0.25) is 0 Å². The second kappa shape index (κ2) is 8.75. The molecule has 0 spiro atoms. The molecule has 7 heteroatoms. The minimum Gasteiger partial charge on any atom is -0.493 e. The lowest BCUT2D eigenvalue weighted by Crippen LogP contribution is -2.32. The number of fused-ring (bicyclic) bond motifs is 1. The number of rotatable bonds is 7. The Balaban J connectivity index is 1.77. The van der Waals surface area contributed by atoms with Crippen LogP contribution in [0.2, 0.25) is 0 Å². The lowest BCUT2D eigenvalue weighted by Gasteiger charge is -2.22. The first-order valence-electron chi connectivity index (χ1n) is 9.01. The van der Waals surface area contributed by atoms with Gasteiger partial charge in [-0.3, -0.25) is 4.90 Å². The minimum atomic E-state index is -1.09. The van der Waals surface area contributed by atoms with E-state index in [-0.39, 0.29) is 13.3 Å². The van der Waals surface area contributed by atoms with E-state index in [0.717, 1.165) is 39.5 Å². The number of ether oxygens (including phenoxy) is 2. The van der Waals surface area contributed by atoms with Crippen LogP contribution in [0.25, 0.3) is 0 Å². The van der Waals surface area contributed by atoms with Crippen molar-refractivity contribution in [1.29, 1.82) is 0 Å². The van der Waals surface area contributed by atoms with Gasteiger partial charge < -0.3 is 19.4 Å². The van der Waals surface area contributed by atoms with Crippen molar-refractivity contribution < 1.29 is 24.2 Å². The molecule has 0 atom stereocenters. The Morgan fingerprint density at radius 3 is 2.89 bits per heavy atom. The fourth-order valence-electron chi connectivity index (χ4n) is 3.14. The topological polar surface area (TPSA) is 80.6 Å². The fourth-order valence-corrected chi connectivity index (χ4v) is 3.14. The average Bonchev–Trinajstić information content (AvgIpc) is 3.15. The van der Waals surface area contributed by atoms with Crippen LogP contribution in [0.1, 0.15) is 29.2 Å². The molecule has 1 aliphatic heterocycles. The van der Waals surface area contributed by atoms with Gasteiger partial charge in [-0.2, -0.15) is 0 Å². The zero-order chi connectivity index (χ0) is 20.1. The zero-order valence-electron chi connectivity index (χ0n) is 16.3. The maximum atomic E-state index is 11.6. The molecule has 1 heterocycles. The van der Waals surface area contributed by atoms with E-state index in [0.29, 0.717) is 12.3 Å². The van der Waals surface area contributed by atoms with Gasteiger partial charge in [0, 0.05) is 19.1 Å². The van der Waals surface area contributed by atoms with Crippen molar-refractivity contribution in [3.63, 3.8) is 0 Å². The normalized spacial score (nSPS) is 13.0. The van der Waals surface area contributed by atoms with Crippen molar-refractivity contribution in [2.75, 3.05) is 25.3 Å². The molecule has 28 heavy (non-hydrogen) atoms. The van der Waals surface area contributed by atoms with Gasteiger partial charge in [-0.05, 0) is 54.8 Å². The molecule has 0 aromatic heterocycles. The third-order valence-electron chi connectivity index (χ3n) is 4.68. The van der Waals surface area contributed by atoms with Gasteiger partial charge in [-0.25, -0.2) is 4.79 Å². The standard InChI is InChI=1S/C21H24N2O5/c1-14-5-4-6-19(23(13-26-3)21(24)25)18(14)12-28-22-15(2)16-7-8-20-17(11-16)9-10-27-20/h4-8,11H,9-10,12-13H2,1-3H3,(H,24,25). The van der Waals surface area contributed by atoms with Crippen LogP contribution in [0.3, 0.4) is 0 Å². The summed E-state index contributed by atoms with van der Waals surface area (Å²) >= 11 is 0. The maximum Gasteiger partial charge on any atom is 0.413 e. The number of amides is 1. The highest BCUT2D eigenvalue weighted by molar-refractivity contribution is 5.98. The number of methoxy groups -OCH3 is 1. The smallest absolute Gasteiger partial charge is 0.413 e. The van der Waals surface area contributed by atoms with E-state index in [1.807, 2.05) is 32.0 Å². The van der Waals surface area contributed by atoms with Crippen LogP contribution < -0.4 is 9.64 Å². The minimum absolute atomic E-state index is 0.0642. The second-order valence-electron chi connectivity index (χ2n) is 6.57. The van der Waals surface area contributed by atoms with Crippen LogP contribution >= 0.6 is 0 Å². The van der Waals surface area contributed by atoms with Crippen molar-refractivity contribution >= 4 is 17.5 Å². The predicted molar refractivity (Wildman–Crippen MR) is 106 cm³/mol. The Labute approximate surface area is 164 Å². The van der Waals surface area contributed by atoms with Gasteiger partial charge in [-0.15, -0.1) is 0 Å². The van der Waals surface area contributed by atoms with Gasteiger partial charge in [0.25, 0.3) is 0 Å². The van der Waals surface area contributed by atoms with Crippen LogP contribution in [-0.4, -0.2) is 37.4 Å². The number of carboxylic acid groups (broad SMARTS) is 1. The molecule has 0 fully saturated rings. The molecular weight excluding hydrogens is 360 g/mol. The van der Waals surface area contributed by atoms with Crippen molar-refractivity contribution in [2.24, 2.45) is 5.16 Å². The van der Waals surface area contributed by atoms with E-state index < -0.39 is 6.09 Å². The van der Waals surface area contributed by atoms with E-state index in [9.17, 15) is 9.90 Å². The number of benzene rings is 2. The third-order valence-corrected chi connectivity index (χ3v) is 4.68. The Morgan fingerprint density at radius 1 is 1.32 bits per heavy atom. The highest BCUT2D eigenvalue weighted by atomic mass is 16.6. The molecule has 2 aromatic rings. The number of hydrogen-bond acceptors (Lipinski definition) is 5. The quantitative estimate of drug-likeness (QED) is 0.444. The Kier molecular flexibility index (Phi) is 6.16. The summed E-state index contributed by atoms with van der Waals surface area (Å²) in [6.45, 7) is 4.59. The van der Waals surface area contributed by atoms with Crippen LogP contribution in [-0.2, 0) is 22.6 Å². The van der Waals surface area contributed by atoms with Crippen molar-refractivity contribution in [1.82, 2.24) is 0 Å². The number of aryl methyl sites for hydroxylation is 1. The molecule has 1 aliphatic rings. The molecule has 2 aromatic carbocycles. The Bertz CT molecular complexity index is 894. The van der Waals surface area contributed by atoms with E-state index in [2.05, 4.69) is 11.2 Å². The molecule has 0 radical (unpaired) electrons. The summed E-state index contributed by atoms with van der Waals surface area (Å²) in [5.74, 6) is 0.925. The largest absolute Gasteiger partial charge is 0.493 e. The second-order valence-corrected chi connectivity index (χ2v) is 6.57. The molecule has 0 saturated carbocycles. The zero-order valence-corrected chi connectivity index (χ0v) is 16.3. The first-order valence-corrected chi connectivity index (χ1v) is 9.01. The first kappa shape index (κ1) is 19.7. The van der Waals surface area contributed by atoms with Gasteiger partial charge in [0.1, 0.15) is 19.1 Å². The number of carbonyl (C=O) groups is 1. The van der Waals surface area contributed by atoms with Crippen LogP contribution in [0.5, 0.6) is 5.75 Å². The summed E-state index contributed by atoms with van der Waals surface area (Å²) in [6.07, 6.45) is -0.192. The Morgan fingerprint density at radius 2 is 2.14 bits per heavy atom. The molecule has 0 bridgehead atoms. The number of hydrogen-bond donors (Lipinski definition) is 1. The summed E-state index contributed by atoms with van der Waals surface area (Å²) in [5, 5.41) is 13.7. The molecule has 3 rings (SSSR count). The predicted octanol–water partition coefficient (Wildman–Crippen LogP) is 3.96. The molecule has 148 valence electrons. The van der Waals surface area contributed by atoms with Crippen LogP contribution in [0, 0.1) is 6.92 Å². The molecule has 0 unspecified atom stereocenters. The lowest BCUT2D eigenvalue weighted by atomic mass is 10.1. The van der Waals surface area contributed by atoms with Crippen molar-refractivity contribution in [3.8, 4) is 5.75 Å². The van der Waals surface area contributed by atoms with Gasteiger partial charge in [0.15, 0.2) is 0 Å². The number of oxime groups is 1. The number of nitrogens with zero attached hydrogens (tertiary/aromatic N) is 2. The SMILES string of the molecule is COCN(C(=O)O)c1cccc(C)c1CON=C(C)c1ccc2c(c1)CCO2. The van der Waals surface area contributed by atoms with Crippen LogP contribution in [0.4, 0.5) is 10.5 Å². The molecule has 1 amide bonds. The van der Waals surface area contributed by atoms with Crippen molar-refractivity contribution in [2.45, 2.75) is 26.9 Å². The van der Waals surface area contributed by atoms with Gasteiger partial charge >= 0.3 is 6.09 Å². The Hall–Kier alpha value is -3.06. The molecule has 0 aliphatic carbocycles. The third kappa shape index (κ3) is 4.26. The van der Waals surface area contributed by atoms with E-state index in [4.69, 9.17) is 14.3 Å². The maximum absolute atomic E-state index is 11.6. The van der Waals surface area contributed by atoms with E-state index >= 15 is 0 Å². The van der Waals surface area contributed by atoms with Crippen molar-refractivity contribution in [3.05, 3.63) is 58.7 Å². The highest BCUT2D eigenvalue weighted by Crippen LogP contribution is 2.27. The first-order chi connectivity index (χ1) is 13.5. The summed E-state index contributed by atoms with van der Waals surface area (Å²) in [6, 6.07) is 11.4.